The molecule has 7 nitrogen and oxygen atoms in total. The number of hydrogen-bond acceptors (Lipinski definition) is 5. The molecule has 0 radical (unpaired) electrons. The number of hydrogen-bond donors (Lipinski definition) is 2. The van der Waals surface area contributed by atoms with Gasteiger partial charge in [-0.05, 0) is 72.7 Å². The molecule has 0 spiro atoms. The zero-order chi connectivity index (χ0) is 28.3. The van der Waals surface area contributed by atoms with E-state index in [1.807, 2.05) is 36.4 Å². The van der Waals surface area contributed by atoms with Crippen molar-refractivity contribution in [3.63, 3.8) is 0 Å². The average Bonchev–Trinajstić information content (AvgIpc) is 3.30. The van der Waals surface area contributed by atoms with E-state index in [1.54, 1.807) is 6.20 Å². The van der Waals surface area contributed by atoms with Gasteiger partial charge in [-0.25, -0.2) is 4.98 Å². The van der Waals surface area contributed by atoms with Crippen LogP contribution in [0.15, 0.2) is 73.1 Å². The number of fused-ring (bicyclic) bond motifs is 1. The highest BCUT2D eigenvalue weighted by molar-refractivity contribution is 6.04. The van der Waals surface area contributed by atoms with E-state index in [2.05, 4.69) is 82.9 Å². The van der Waals surface area contributed by atoms with Crippen LogP contribution in [0, 0.1) is 5.41 Å². The molecule has 3 heterocycles. The van der Waals surface area contributed by atoms with Crippen LogP contribution in [0.3, 0.4) is 0 Å². The minimum absolute atomic E-state index is 0.174. The van der Waals surface area contributed by atoms with Gasteiger partial charge in [0.25, 0.3) is 5.91 Å². The topological polar surface area (TPSA) is 73.6 Å². The number of nitrogens with one attached hydrogen (secondary N) is 1. The van der Waals surface area contributed by atoms with Crippen molar-refractivity contribution in [1.29, 1.82) is 0 Å². The molecule has 2 N–H and O–H groups in total. The molecule has 1 aliphatic heterocycles. The molecule has 0 saturated carbocycles. The number of carbonyl (C=O) groups is 1. The van der Waals surface area contributed by atoms with Crippen LogP contribution >= 0.6 is 0 Å². The van der Waals surface area contributed by atoms with Gasteiger partial charge in [0, 0.05) is 79.5 Å². The van der Waals surface area contributed by atoms with Crippen LogP contribution in [0.1, 0.15) is 56.0 Å². The van der Waals surface area contributed by atoms with Crippen LogP contribution in [0.4, 0.5) is 17.2 Å². The van der Waals surface area contributed by atoms with Crippen LogP contribution in [0.25, 0.3) is 10.9 Å². The Morgan fingerprint density at radius 1 is 1.02 bits per heavy atom. The molecule has 4 aromatic rings. The molecule has 1 fully saturated rings. The molecule has 0 atom stereocenters. The number of aliphatic hydroxyl groups is 1. The maximum atomic E-state index is 13.1. The summed E-state index contributed by atoms with van der Waals surface area (Å²) in [5, 5.41) is 13.9. The molecule has 1 saturated heterocycles. The van der Waals surface area contributed by atoms with E-state index in [0.717, 1.165) is 62.4 Å². The monoisotopic (exact) mass is 539 g/mol. The Labute approximate surface area is 237 Å². The van der Waals surface area contributed by atoms with Crippen molar-refractivity contribution in [3.05, 3.63) is 84.2 Å². The average molecular weight is 540 g/mol. The summed E-state index contributed by atoms with van der Waals surface area (Å²) in [6.45, 7) is 10.2. The number of carbonyl (C=O) groups excluding carboxylic acids is 1. The van der Waals surface area contributed by atoms with Gasteiger partial charge in [-0.15, -0.1) is 0 Å². The third kappa shape index (κ3) is 6.90. The van der Waals surface area contributed by atoms with E-state index < -0.39 is 0 Å². The number of aryl methyl sites for hydroxylation is 1. The molecular formula is C33H41N5O2. The van der Waals surface area contributed by atoms with Gasteiger partial charge in [-0.3, -0.25) is 9.69 Å². The maximum absolute atomic E-state index is 13.1. The van der Waals surface area contributed by atoms with E-state index in [4.69, 9.17) is 0 Å². The second-order valence-corrected chi connectivity index (χ2v) is 12.2. The predicted molar refractivity (Wildman–Crippen MR) is 163 cm³/mol. The molecule has 1 aliphatic rings. The van der Waals surface area contributed by atoms with Crippen LogP contribution < -0.4 is 10.2 Å². The minimum atomic E-state index is -0.177. The lowest BCUT2D eigenvalue weighted by atomic mass is 9.92. The third-order valence-electron chi connectivity index (χ3n) is 7.74. The van der Waals surface area contributed by atoms with Crippen molar-refractivity contribution in [3.8, 4) is 0 Å². The van der Waals surface area contributed by atoms with Crippen molar-refractivity contribution >= 4 is 34.0 Å². The smallest absolute Gasteiger partial charge is 0.256 e. The molecule has 5 rings (SSSR count). The quantitative estimate of drug-likeness (QED) is 0.273. The fourth-order valence-corrected chi connectivity index (χ4v) is 5.23. The highest BCUT2D eigenvalue weighted by Gasteiger charge is 2.19. The molecule has 2 aromatic heterocycles. The SMILES string of the molecule is Cn1ccc2cc(N(CCC(C)(C)C)c3ccnc(NC(=O)c4ccc(CN5CCC(O)CC5)cc4)c3)ccc21. The van der Waals surface area contributed by atoms with Crippen LogP contribution in [0.2, 0.25) is 0 Å². The first-order valence-corrected chi connectivity index (χ1v) is 14.2. The minimum Gasteiger partial charge on any atom is -0.393 e. The summed E-state index contributed by atoms with van der Waals surface area (Å²) >= 11 is 0. The maximum Gasteiger partial charge on any atom is 0.256 e. The molecule has 0 aliphatic carbocycles. The van der Waals surface area contributed by atoms with Crippen molar-refractivity contribution in [2.75, 3.05) is 29.9 Å². The Morgan fingerprint density at radius 2 is 1.75 bits per heavy atom. The van der Waals surface area contributed by atoms with Crippen LogP contribution in [0.5, 0.6) is 0 Å². The lowest BCUT2D eigenvalue weighted by Gasteiger charge is -2.29. The third-order valence-corrected chi connectivity index (χ3v) is 7.74. The van der Waals surface area contributed by atoms with Gasteiger partial charge >= 0.3 is 0 Å². The van der Waals surface area contributed by atoms with E-state index in [-0.39, 0.29) is 17.4 Å². The Morgan fingerprint density at radius 3 is 2.48 bits per heavy atom. The number of benzene rings is 2. The molecular weight excluding hydrogens is 498 g/mol. The summed E-state index contributed by atoms with van der Waals surface area (Å²) in [7, 11) is 2.06. The highest BCUT2D eigenvalue weighted by Crippen LogP contribution is 2.32. The Hall–Kier alpha value is -3.68. The lowest BCUT2D eigenvalue weighted by Crippen LogP contribution is -2.35. The van der Waals surface area contributed by atoms with Crippen molar-refractivity contribution in [2.45, 2.75) is 52.7 Å². The lowest BCUT2D eigenvalue weighted by molar-refractivity contribution is 0.0792. The molecule has 1 amide bonds. The molecule has 210 valence electrons. The summed E-state index contributed by atoms with van der Waals surface area (Å²) < 4.78 is 2.13. The summed E-state index contributed by atoms with van der Waals surface area (Å²) in [5.41, 5.74) is 5.25. The highest BCUT2D eigenvalue weighted by atomic mass is 16.3. The van der Waals surface area contributed by atoms with Crippen molar-refractivity contribution in [2.24, 2.45) is 12.5 Å². The fraction of sp³-hybridized carbons (Fsp3) is 0.394. The molecule has 40 heavy (non-hydrogen) atoms. The first-order chi connectivity index (χ1) is 19.1. The Bertz CT molecular complexity index is 1450. The van der Waals surface area contributed by atoms with Gasteiger partial charge in [-0.1, -0.05) is 32.9 Å². The van der Waals surface area contributed by atoms with Gasteiger partial charge in [0.2, 0.25) is 0 Å². The number of aromatic nitrogens is 2. The largest absolute Gasteiger partial charge is 0.393 e. The van der Waals surface area contributed by atoms with Gasteiger partial charge in [-0.2, -0.15) is 0 Å². The van der Waals surface area contributed by atoms with Gasteiger partial charge < -0.3 is 19.9 Å². The second kappa shape index (κ2) is 11.8. The number of nitrogens with zero attached hydrogens (tertiary/aromatic N) is 4. The summed E-state index contributed by atoms with van der Waals surface area (Å²) in [4.78, 5) is 22.2. The fourth-order valence-electron chi connectivity index (χ4n) is 5.23. The first-order valence-electron chi connectivity index (χ1n) is 14.2. The standard InChI is InChI=1S/C33H41N5O2/c1-33(2,3)15-20-38(27-9-10-30-26(21-27)12-17-36(30)4)28-11-16-34-31(22-28)35-32(40)25-7-5-24(6-8-25)23-37-18-13-29(39)14-19-37/h5-12,16-17,21-22,29,39H,13-15,18-20,23H2,1-4H3,(H,34,35,40). The summed E-state index contributed by atoms with van der Waals surface area (Å²) in [5.74, 6) is 0.351. The number of amides is 1. The van der Waals surface area contributed by atoms with E-state index in [9.17, 15) is 9.90 Å². The summed E-state index contributed by atoms with van der Waals surface area (Å²) in [6.07, 6.45) is 6.32. The molecule has 7 heteroatoms. The summed E-state index contributed by atoms with van der Waals surface area (Å²) in [6, 6.07) is 20.4. The van der Waals surface area contributed by atoms with Gasteiger partial charge in [0.1, 0.15) is 5.82 Å². The number of rotatable bonds is 8. The second-order valence-electron chi connectivity index (χ2n) is 12.2. The predicted octanol–water partition coefficient (Wildman–Crippen LogP) is 6.36. The zero-order valence-electron chi connectivity index (χ0n) is 24.1. The first kappa shape index (κ1) is 27.9. The van der Waals surface area contributed by atoms with Crippen molar-refractivity contribution < 1.29 is 9.90 Å². The van der Waals surface area contributed by atoms with Gasteiger partial charge in [0.15, 0.2) is 0 Å². The van der Waals surface area contributed by atoms with Crippen LogP contribution in [-0.4, -0.2) is 51.2 Å². The Kier molecular flexibility index (Phi) is 8.24. The van der Waals surface area contributed by atoms with E-state index >= 15 is 0 Å². The molecule has 0 unspecified atom stereocenters. The van der Waals surface area contributed by atoms with E-state index in [0.29, 0.717) is 11.4 Å². The zero-order valence-corrected chi connectivity index (χ0v) is 24.1. The number of pyridine rings is 1. The number of likely N-dealkylation sites (tertiary alicyclic amines) is 1. The Balaban J connectivity index is 1.31. The number of anilines is 3. The molecule has 0 bridgehead atoms. The molecule has 2 aromatic carbocycles. The van der Waals surface area contributed by atoms with E-state index in [1.165, 1.54) is 10.9 Å². The number of piperidine rings is 1. The van der Waals surface area contributed by atoms with Crippen LogP contribution in [-0.2, 0) is 13.6 Å². The number of aliphatic hydroxyl groups excluding tert-OH is 1. The normalized spacial score (nSPS) is 14.9. The van der Waals surface area contributed by atoms with Gasteiger partial charge in [0.05, 0.1) is 6.10 Å². The van der Waals surface area contributed by atoms with Crippen molar-refractivity contribution in [1.82, 2.24) is 14.5 Å².